The Morgan fingerprint density at radius 2 is 1.90 bits per heavy atom. The summed E-state index contributed by atoms with van der Waals surface area (Å²) in [4.78, 5) is 16.8. The molecule has 6 nitrogen and oxygen atoms in total. The molecule has 2 aromatic rings. The van der Waals surface area contributed by atoms with E-state index in [0.717, 1.165) is 40.5 Å². The molecular formula is C24H27N5OS. The Hall–Kier alpha value is -2.93. The zero-order chi connectivity index (χ0) is 22.3. The highest BCUT2D eigenvalue weighted by Crippen LogP contribution is 2.30. The van der Waals surface area contributed by atoms with E-state index >= 15 is 0 Å². The summed E-state index contributed by atoms with van der Waals surface area (Å²) in [7, 11) is 0. The van der Waals surface area contributed by atoms with Crippen molar-refractivity contribution in [3.05, 3.63) is 58.4 Å². The molecule has 0 radical (unpaired) electrons. The normalized spacial score (nSPS) is 18.4. The van der Waals surface area contributed by atoms with E-state index in [-0.39, 0.29) is 17.3 Å². The van der Waals surface area contributed by atoms with Gasteiger partial charge in [0.2, 0.25) is 5.17 Å². The second kappa shape index (κ2) is 8.30. The third-order valence-electron chi connectivity index (χ3n) is 5.90. The lowest BCUT2D eigenvalue weighted by Gasteiger charge is -2.20. The van der Waals surface area contributed by atoms with E-state index in [1.165, 1.54) is 22.3 Å². The summed E-state index contributed by atoms with van der Waals surface area (Å²) in [6, 6.07) is 10.7. The monoisotopic (exact) mass is 433 g/mol. The van der Waals surface area contributed by atoms with Crippen molar-refractivity contribution in [2.24, 2.45) is 10.1 Å². The molecule has 1 atom stereocenters. The Bertz CT molecular complexity index is 1150. The third-order valence-corrected chi connectivity index (χ3v) is 6.95. The van der Waals surface area contributed by atoms with E-state index in [2.05, 4.69) is 59.7 Å². The molecule has 0 bridgehead atoms. The standard InChI is InChI=1S/C24H27N5OS/c1-6-14(3)17-8-10-19(11-9-17)28-15(4)12-18(16(28)5)13-20-22(25)29-24(26-23(20)30)31-21(7-2)27-29/h8-14,25H,6-7H2,1-5H3/b20-13-,25-22?/t14-/m1/s1. The number of aliphatic imine (C=N–C) groups is 1. The molecule has 3 heterocycles. The van der Waals surface area contributed by atoms with Crippen LogP contribution in [0.15, 0.2) is 46.0 Å². The molecule has 2 aliphatic heterocycles. The number of hydrogen-bond donors (Lipinski definition) is 1. The predicted octanol–water partition coefficient (Wildman–Crippen LogP) is 5.64. The Balaban J connectivity index is 1.69. The Kier molecular flexibility index (Phi) is 5.71. The second-order valence-corrected chi connectivity index (χ2v) is 8.97. The number of carbonyl (C=O) groups excluding carboxylic acids is 1. The zero-order valence-corrected chi connectivity index (χ0v) is 19.4. The van der Waals surface area contributed by atoms with Crippen molar-refractivity contribution in [2.45, 2.75) is 53.4 Å². The number of aryl methyl sites for hydroxylation is 1. The summed E-state index contributed by atoms with van der Waals surface area (Å²) in [6.07, 6.45) is 3.63. The van der Waals surface area contributed by atoms with Gasteiger partial charge in [0.15, 0.2) is 5.84 Å². The van der Waals surface area contributed by atoms with Crippen LogP contribution in [0.2, 0.25) is 0 Å². The van der Waals surface area contributed by atoms with E-state index in [1.54, 1.807) is 6.08 Å². The van der Waals surface area contributed by atoms with Gasteiger partial charge in [-0.2, -0.15) is 15.1 Å². The molecule has 7 heteroatoms. The fraction of sp³-hybridized carbons (Fsp3) is 0.333. The lowest BCUT2D eigenvalue weighted by molar-refractivity contribution is -0.114. The van der Waals surface area contributed by atoms with Gasteiger partial charge < -0.3 is 4.57 Å². The van der Waals surface area contributed by atoms with Crippen molar-refractivity contribution in [3.63, 3.8) is 0 Å². The van der Waals surface area contributed by atoms with Crippen molar-refractivity contribution < 1.29 is 4.79 Å². The minimum atomic E-state index is -0.390. The number of nitrogens with one attached hydrogen (secondary N) is 1. The minimum Gasteiger partial charge on any atom is -0.318 e. The van der Waals surface area contributed by atoms with Crippen LogP contribution in [-0.2, 0) is 4.79 Å². The molecule has 0 aliphatic carbocycles. The van der Waals surface area contributed by atoms with Crippen LogP contribution in [0.5, 0.6) is 0 Å². The fourth-order valence-corrected chi connectivity index (χ4v) is 4.67. The molecule has 0 unspecified atom stereocenters. The lowest BCUT2D eigenvalue weighted by Crippen LogP contribution is -2.35. The molecule has 2 aliphatic rings. The zero-order valence-electron chi connectivity index (χ0n) is 18.6. The molecule has 0 spiro atoms. The summed E-state index contributed by atoms with van der Waals surface area (Å²) >= 11 is 1.35. The number of benzene rings is 1. The number of fused-ring (bicyclic) bond motifs is 1. The first-order chi connectivity index (χ1) is 14.8. The average Bonchev–Trinajstić information content (AvgIpc) is 3.30. The van der Waals surface area contributed by atoms with Gasteiger partial charge in [-0.15, -0.1) is 0 Å². The minimum absolute atomic E-state index is 0.0775. The van der Waals surface area contributed by atoms with E-state index in [4.69, 9.17) is 5.41 Å². The molecule has 0 saturated carbocycles. The molecule has 160 valence electrons. The molecule has 1 aromatic carbocycles. The average molecular weight is 434 g/mol. The Morgan fingerprint density at radius 1 is 1.19 bits per heavy atom. The number of hydrogen-bond acceptors (Lipinski definition) is 4. The van der Waals surface area contributed by atoms with Crippen LogP contribution in [0.3, 0.4) is 0 Å². The van der Waals surface area contributed by atoms with E-state index in [9.17, 15) is 4.79 Å². The fourth-order valence-electron chi connectivity index (χ4n) is 3.85. The van der Waals surface area contributed by atoms with Crippen LogP contribution in [-0.4, -0.2) is 31.5 Å². The first kappa shape index (κ1) is 21.3. The Morgan fingerprint density at radius 3 is 2.55 bits per heavy atom. The lowest BCUT2D eigenvalue weighted by atomic mass is 9.98. The molecule has 31 heavy (non-hydrogen) atoms. The summed E-state index contributed by atoms with van der Waals surface area (Å²) in [5, 5.41) is 15.7. The highest BCUT2D eigenvalue weighted by Gasteiger charge is 2.35. The van der Waals surface area contributed by atoms with Crippen molar-refractivity contribution in [3.8, 4) is 5.69 Å². The highest BCUT2D eigenvalue weighted by molar-refractivity contribution is 8.26. The highest BCUT2D eigenvalue weighted by atomic mass is 32.2. The van der Waals surface area contributed by atoms with E-state index < -0.39 is 0 Å². The summed E-state index contributed by atoms with van der Waals surface area (Å²) in [6.45, 7) is 10.5. The van der Waals surface area contributed by atoms with E-state index in [1.807, 2.05) is 19.9 Å². The van der Waals surface area contributed by atoms with Crippen LogP contribution in [0.4, 0.5) is 0 Å². The van der Waals surface area contributed by atoms with Gasteiger partial charge in [-0.25, -0.2) is 0 Å². The summed E-state index contributed by atoms with van der Waals surface area (Å²) in [5.41, 5.74) is 5.68. The Labute approximate surface area is 187 Å². The molecule has 1 amide bonds. The maximum atomic E-state index is 12.7. The molecule has 1 N–H and O–H groups in total. The van der Waals surface area contributed by atoms with Crippen LogP contribution < -0.4 is 0 Å². The first-order valence-corrected chi connectivity index (χ1v) is 11.4. The topological polar surface area (TPSA) is 73.8 Å². The van der Waals surface area contributed by atoms with Gasteiger partial charge in [0.25, 0.3) is 5.91 Å². The molecule has 4 rings (SSSR count). The molecule has 1 aromatic heterocycles. The van der Waals surface area contributed by atoms with Crippen LogP contribution in [0.25, 0.3) is 11.8 Å². The van der Waals surface area contributed by atoms with Crippen LogP contribution in [0.1, 0.15) is 62.0 Å². The van der Waals surface area contributed by atoms with E-state index in [0.29, 0.717) is 11.1 Å². The number of rotatable bonds is 5. The summed E-state index contributed by atoms with van der Waals surface area (Å²) < 4.78 is 2.18. The number of amidine groups is 2. The van der Waals surface area contributed by atoms with Crippen molar-refractivity contribution >= 4 is 39.8 Å². The number of thioether (sulfide) groups is 1. The molecule has 0 fully saturated rings. The third kappa shape index (κ3) is 3.78. The number of hydrazone groups is 1. The van der Waals surface area contributed by atoms with Crippen molar-refractivity contribution in [1.29, 1.82) is 5.41 Å². The maximum absolute atomic E-state index is 12.7. The van der Waals surface area contributed by atoms with Gasteiger partial charge in [0.05, 0.1) is 5.57 Å². The molecule has 0 saturated heterocycles. The van der Waals surface area contributed by atoms with Crippen LogP contribution in [0, 0.1) is 19.3 Å². The SMILES string of the molecule is CCC1=NN2C(=N)/C(=C/c3cc(C)n(-c4ccc([C@H](C)CC)cc4)c3C)C(=O)N=C2S1. The first-order valence-electron chi connectivity index (χ1n) is 10.6. The number of nitrogens with zero attached hydrogens (tertiary/aromatic N) is 4. The van der Waals surface area contributed by atoms with Crippen LogP contribution >= 0.6 is 11.8 Å². The number of carbonyl (C=O) groups is 1. The molecular weight excluding hydrogens is 406 g/mol. The number of amides is 1. The second-order valence-electron chi connectivity index (χ2n) is 7.93. The van der Waals surface area contributed by atoms with Gasteiger partial charge in [-0.05, 0) is 79.8 Å². The van der Waals surface area contributed by atoms with Crippen molar-refractivity contribution in [1.82, 2.24) is 9.58 Å². The maximum Gasteiger partial charge on any atom is 0.283 e. The largest absolute Gasteiger partial charge is 0.318 e. The quantitative estimate of drug-likeness (QED) is 0.620. The number of aromatic nitrogens is 1. The van der Waals surface area contributed by atoms with Gasteiger partial charge in [0.1, 0.15) is 5.04 Å². The summed E-state index contributed by atoms with van der Waals surface area (Å²) in [5.74, 6) is 0.224. The predicted molar refractivity (Wildman–Crippen MR) is 129 cm³/mol. The van der Waals surface area contributed by atoms with Gasteiger partial charge in [-0.1, -0.05) is 32.9 Å². The van der Waals surface area contributed by atoms with Gasteiger partial charge in [0, 0.05) is 17.1 Å². The van der Waals surface area contributed by atoms with Crippen molar-refractivity contribution in [2.75, 3.05) is 0 Å². The van der Waals surface area contributed by atoms with Gasteiger partial charge in [-0.3, -0.25) is 10.2 Å². The van der Waals surface area contributed by atoms with Gasteiger partial charge >= 0.3 is 0 Å². The smallest absolute Gasteiger partial charge is 0.283 e.